The van der Waals surface area contributed by atoms with Crippen LogP contribution in [0, 0.1) is 5.92 Å². The predicted octanol–water partition coefficient (Wildman–Crippen LogP) is 1.81. The largest absolute Gasteiger partial charge is 0.356 e. The zero-order valence-electron chi connectivity index (χ0n) is 7.81. The molecule has 2 nitrogen and oxygen atoms in total. The number of carbonyl (C=O) groups excluding carboxylic acids is 1. The van der Waals surface area contributed by atoms with Crippen molar-refractivity contribution < 1.29 is 4.79 Å². The lowest BCUT2D eigenvalue weighted by molar-refractivity contribution is -0.110. The maximum atomic E-state index is 10.2. The highest BCUT2D eigenvalue weighted by molar-refractivity contribution is 5.46. The van der Waals surface area contributed by atoms with E-state index in [9.17, 15) is 4.79 Å². The first-order valence-electron chi connectivity index (χ1n) is 4.54. The van der Waals surface area contributed by atoms with Crippen molar-refractivity contribution in [2.24, 2.45) is 5.92 Å². The van der Waals surface area contributed by atoms with E-state index in [2.05, 4.69) is 17.5 Å². The maximum absolute atomic E-state index is 10.2. The van der Waals surface area contributed by atoms with Gasteiger partial charge in [-0.25, -0.2) is 0 Å². The summed E-state index contributed by atoms with van der Waals surface area (Å²) in [4.78, 5) is 10.2. The van der Waals surface area contributed by atoms with Crippen molar-refractivity contribution in [2.75, 3.05) is 0 Å². The molecule has 1 aliphatic carbocycles. The molecule has 1 aliphatic rings. The van der Waals surface area contributed by atoms with Gasteiger partial charge in [-0.3, -0.25) is 4.79 Å². The first kappa shape index (κ1) is 9.78. The molecule has 1 rings (SSSR count). The van der Waals surface area contributed by atoms with Crippen LogP contribution in [0.1, 0.15) is 13.3 Å². The molecule has 1 atom stereocenters. The van der Waals surface area contributed by atoms with E-state index in [4.69, 9.17) is 0 Å². The van der Waals surface area contributed by atoms with Gasteiger partial charge in [-0.05, 0) is 19.3 Å². The SMILES string of the molecule is CC(CC1C=CC=CC=C1)NC=O. The van der Waals surface area contributed by atoms with Crippen molar-refractivity contribution in [3.05, 3.63) is 36.5 Å². The molecule has 1 unspecified atom stereocenters. The second-order valence-corrected chi connectivity index (χ2v) is 3.24. The number of amides is 1. The van der Waals surface area contributed by atoms with Crippen LogP contribution in [0.4, 0.5) is 0 Å². The minimum absolute atomic E-state index is 0.231. The third-order valence-corrected chi connectivity index (χ3v) is 2.03. The highest BCUT2D eigenvalue weighted by Crippen LogP contribution is 2.12. The Morgan fingerprint density at radius 3 is 2.46 bits per heavy atom. The molecule has 0 saturated carbocycles. The Hall–Kier alpha value is -1.31. The summed E-state index contributed by atoms with van der Waals surface area (Å²) < 4.78 is 0. The molecule has 0 fully saturated rings. The minimum atomic E-state index is 0.231. The van der Waals surface area contributed by atoms with Crippen LogP contribution in [0.2, 0.25) is 0 Å². The van der Waals surface area contributed by atoms with Gasteiger partial charge in [0.05, 0.1) is 0 Å². The van der Waals surface area contributed by atoms with Gasteiger partial charge in [-0.15, -0.1) is 0 Å². The van der Waals surface area contributed by atoms with Crippen LogP contribution in [0.5, 0.6) is 0 Å². The Bertz CT molecular complexity index is 224. The summed E-state index contributed by atoms with van der Waals surface area (Å²) in [5, 5.41) is 2.74. The second-order valence-electron chi connectivity index (χ2n) is 3.24. The lowest BCUT2D eigenvalue weighted by Gasteiger charge is -2.13. The molecule has 0 aromatic heterocycles. The van der Waals surface area contributed by atoms with Crippen LogP contribution in [-0.2, 0) is 4.79 Å². The summed E-state index contributed by atoms with van der Waals surface area (Å²) in [5.74, 6) is 0.428. The molecule has 13 heavy (non-hydrogen) atoms. The zero-order valence-corrected chi connectivity index (χ0v) is 7.81. The fraction of sp³-hybridized carbons (Fsp3) is 0.364. The standard InChI is InChI=1S/C11H15NO/c1-10(12-9-13)8-11-6-4-2-3-5-7-11/h2-7,9-11H,8H2,1H3,(H,12,13). The number of rotatable bonds is 4. The van der Waals surface area contributed by atoms with Gasteiger partial charge in [-0.1, -0.05) is 36.5 Å². The first-order valence-corrected chi connectivity index (χ1v) is 4.54. The molecular weight excluding hydrogens is 162 g/mol. The minimum Gasteiger partial charge on any atom is -0.356 e. The first-order chi connectivity index (χ1) is 6.33. The summed E-state index contributed by atoms with van der Waals surface area (Å²) in [6.07, 6.45) is 14.1. The van der Waals surface area contributed by atoms with Gasteiger partial charge in [0.15, 0.2) is 0 Å². The van der Waals surface area contributed by atoms with E-state index in [-0.39, 0.29) is 6.04 Å². The molecule has 2 heteroatoms. The van der Waals surface area contributed by atoms with Gasteiger partial charge in [0.1, 0.15) is 0 Å². The summed E-state index contributed by atoms with van der Waals surface area (Å²) in [7, 11) is 0. The van der Waals surface area contributed by atoms with E-state index >= 15 is 0 Å². The molecule has 0 saturated heterocycles. The summed E-state index contributed by atoms with van der Waals surface area (Å²) >= 11 is 0. The molecule has 70 valence electrons. The van der Waals surface area contributed by atoms with E-state index in [1.807, 2.05) is 31.2 Å². The average Bonchev–Trinajstić information content (AvgIpc) is 2.33. The average molecular weight is 177 g/mol. The molecule has 1 N–H and O–H groups in total. The topological polar surface area (TPSA) is 29.1 Å². The molecule has 0 aromatic carbocycles. The quantitative estimate of drug-likeness (QED) is 0.652. The van der Waals surface area contributed by atoms with Crippen LogP contribution in [0.15, 0.2) is 36.5 Å². The van der Waals surface area contributed by atoms with Gasteiger partial charge in [0, 0.05) is 6.04 Å². The van der Waals surface area contributed by atoms with Gasteiger partial charge in [0.2, 0.25) is 6.41 Å². The Morgan fingerprint density at radius 1 is 1.31 bits per heavy atom. The summed E-state index contributed by atoms with van der Waals surface area (Å²) in [6, 6.07) is 0.231. The van der Waals surface area contributed by atoms with E-state index in [1.165, 1.54) is 0 Å². The van der Waals surface area contributed by atoms with Crippen molar-refractivity contribution in [3.8, 4) is 0 Å². The Kier molecular flexibility index (Phi) is 4.03. The molecule has 0 spiro atoms. The fourth-order valence-electron chi connectivity index (χ4n) is 1.36. The third-order valence-electron chi connectivity index (χ3n) is 2.03. The second kappa shape index (κ2) is 5.36. The highest BCUT2D eigenvalue weighted by atomic mass is 16.1. The van der Waals surface area contributed by atoms with Crippen molar-refractivity contribution in [3.63, 3.8) is 0 Å². The molecule has 1 amide bonds. The lowest BCUT2D eigenvalue weighted by Crippen LogP contribution is -2.26. The monoisotopic (exact) mass is 177 g/mol. The number of hydrogen-bond donors (Lipinski definition) is 1. The number of nitrogens with one attached hydrogen (secondary N) is 1. The van der Waals surface area contributed by atoms with E-state index in [1.54, 1.807) is 0 Å². The molecule has 0 radical (unpaired) electrons. The van der Waals surface area contributed by atoms with E-state index < -0.39 is 0 Å². The molecule has 0 bridgehead atoms. The van der Waals surface area contributed by atoms with E-state index in [0.29, 0.717) is 5.92 Å². The van der Waals surface area contributed by atoms with Gasteiger partial charge in [0.25, 0.3) is 0 Å². The van der Waals surface area contributed by atoms with Crippen molar-refractivity contribution in [1.82, 2.24) is 5.32 Å². The van der Waals surface area contributed by atoms with Crippen LogP contribution in [-0.4, -0.2) is 12.5 Å². The highest BCUT2D eigenvalue weighted by Gasteiger charge is 2.06. The molecule has 0 heterocycles. The van der Waals surface area contributed by atoms with Gasteiger partial charge >= 0.3 is 0 Å². The molecular formula is C11H15NO. The van der Waals surface area contributed by atoms with Gasteiger partial charge in [-0.2, -0.15) is 0 Å². The van der Waals surface area contributed by atoms with Crippen LogP contribution < -0.4 is 5.32 Å². The Labute approximate surface area is 79.0 Å². The van der Waals surface area contributed by atoms with Crippen LogP contribution in [0.3, 0.4) is 0 Å². The fourth-order valence-corrected chi connectivity index (χ4v) is 1.36. The number of hydrogen-bond acceptors (Lipinski definition) is 1. The number of allylic oxidation sites excluding steroid dienone is 6. The molecule has 0 aliphatic heterocycles. The van der Waals surface area contributed by atoms with Crippen molar-refractivity contribution in [1.29, 1.82) is 0 Å². The molecule has 0 aromatic rings. The lowest BCUT2D eigenvalue weighted by atomic mass is 10.0. The summed E-state index contributed by atoms with van der Waals surface area (Å²) in [6.45, 7) is 2.01. The van der Waals surface area contributed by atoms with Crippen LogP contribution >= 0.6 is 0 Å². The Balaban J connectivity index is 2.40. The van der Waals surface area contributed by atoms with Crippen molar-refractivity contribution >= 4 is 6.41 Å². The zero-order chi connectivity index (χ0) is 9.52. The number of carbonyl (C=O) groups is 1. The third kappa shape index (κ3) is 3.74. The van der Waals surface area contributed by atoms with Crippen LogP contribution in [0.25, 0.3) is 0 Å². The van der Waals surface area contributed by atoms with Crippen molar-refractivity contribution in [2.45, 2.75) is 19.4 Å². The van der Waals surface area contributed by atoms with Gasteiger partial charge < -0.3 is 5.32 Å². The summed E-state index contributed by atoms with van der Waals surface area (Å²) in [5.41, 5.74) is 0. The normalized spacial score (nSPS) is 18.2. The Morgan fingerprint density at radius 2 is 1.92 bits per heavy atom. The maximum Gasteiger partial charge on any atom is 0.207 e. The van der Waals surface area contributed by atoms with E-state index in [0.717, 1.165) is 12.8 Å². The predicted molar refractivity (Wildman–Crippen MR) is 54.2 cm³/mol. The smallest absolute Gasteiger partial charge is 0.207 e.